The molecule has 1 aliphatic heterocycles. The van der Waals surface area contributed by atoms with Crippen molar-refractivity contribution in [1.82, 2.24) is 19.9 Å². The summed E-state index contributed by atoms with van der Waals surface area (Å²) in [5.74, 6) is 0.0367. The van der Waals surface area contributed by atoms with E-state index < -0.39 is 18.0 Å². The molecule has 39 heavy (non-hydrogen) atoms. The third kappa shape index (κ3) is 4.79. The number of hydrogen-bond acceptors (Lipinski definition) is 10. The van der Waals surface area contributed by atoms with E-state index in [9.17, 15) is 9.90 Å². The number of aryl methyl sites for hydroxylation is 1. The number of halogens is 1. The molecular formula is C27H22FN5O5S. The number of hydrogen-bond donors (Lipinski definition) is 2. The highest BCUT2D eigenvalue weighted by Gasteiger charge is 2.31. The summed E-state index contributed by atoms with van der Waals surface area (Å²) in [6.07, 6.45) is 3.57. The summed E-state index contributed by atoms with van der Waals surface area (Å²) in [6.45, 7) is 1.68. The van der Waals surface area contributed by atoms with E-state index in [1.54, 1.807) is 12.3 Å². The van der Waals surface area contributed by atoms with Gasteiger partial charge >= 0.3 is 6.09 Å². The lowest BCUT2D eigenvalue weighted by molar-refractivity contribution is 0.100. The van der Waals surface area contributed by atoms with Gasteiger partial charge in [-0.15, -0.1) is 11.3 Å². The third-order valence-electron chi connectivity index (χ3n) is 6.23. The topological polar surface area (TPSA) is 129 Å². The van der Waals surface area contributed by atoms with Gasteiger partial charge in [-0.3, -0.25) is 10.3 Å². The number of benzene rings is 2. The number of nitrogens with one attached hydrogen (secondary N) is 1. The van der Waals surface area contributed by atoms with Crippen molar-refractivity contribution in [2.75, 3.05) is 19.0 Å². The summed E-state index contributed by atoms with van der Waals surface area (Å²) in [6, 6.07) is 6.85. The van der Waals surface area contributed by atoms with Crippen molar-refractivity contribution in [2.24, 2.45) is 0 Å². The average molecular weight is 548 g/mol. The molecule has 5 aromatic rings. The minimum absolute atomic E-state index is 0.0832. The van der Waals surface area contributed by atoms with Crippen LogP contribution >= 0.6 is 11.3 Å². The maximum absolute atomic E-state index is 15.0. The lowest BCUT2D eigenvalue weighted by Crippen LogP contribution is -2.25. The number of nitrogens with zero attached hydrogens (tertiary/aromatic N) is 4. The Hall–Kier alpha value is -4.42. The molecule has 6 rings (SSSR count). The van der Waals surface area contributed by atoms with E-state index >= 15 is 4.39 Å². The van der Waals surface area contributed by atoms with Gasteiger partial charge in [0.15, 0.2) is 11.6 Å². The fourth-order valence-corrected chi connectivity index (χ4v) is 5.62. The summed E-state index contributed by atoms with van der Waals surface area (Å²) in [5.41, 5.74) is 5.27. The number of fused-ring (bicyclic) bond motifs is 4. The second-order valence-corrected chi connectivity index (χ2v) is 10.0. The molecule has 1 atom stereocenters. The van der Waals surface area contributed by atoms with Crippen LogP contribution in [0.2, 0.25) is 0 Å². The summed E-state index contributed by atoms with van der Waals surface area (Å²) >= 11 is 1.43. The van der Waals surface area contributed by atoms with Gasteiger partial charge in [0, 0.05) is 29.8 Å². The second kappa shape index (κ2) is 10.0. The summed E-state index contributed by atoms with van der Waals surface area (Å²) < 4.78 is 32.2. The first-order valence-electron chi connectivity index (χ1n) is 12.0. The first kappa shape index (κ1) is 24.9. The van der Waals surface area contributed by atoms with Gasteiger partial charge in [0.25, 0.3) is 0 Å². The van der Waals surface area contributed by atoms with Crippen LogP contribution in [0.4, 0.5) is 14.9 Å². The standard InChI is InChI=1S/C27H22FN5O5S/c1-13-3-17(23-20(4-13)32-22(36-2)10-30-23)26-33-21-7-19(28)24-18(25(21)39-26)6-16(38-24)12-37-27(35)31-15-5-14(11-34)8-29-9-15/h3-5,7-10,16,34H,6,11-12H2,1-2H3,(H,31,35)/t16-/m1/s1. The monoisotopic (exact) mass is 547 g/mol. The van der Waals surface area contributed by atoms with Gasteiger partial charge in [-0.05, 0) is 36.2 Å². The van der Waals surface area contributed by atoms with Gasteiger partial charge in [-0.1, -0.05) is 0 Å². The Morgan fingerprint density at radius 3 is 2.90 bits per heavy atom. The van der Waals surface area contributed by atoms with E-state index in [2.05, 4.69) is 20.3 Å². The van der Waals surface area contributed by atoms with Crippen LogP contribution in [0.15, 0.2) is 42.9 Å². The van der Waals surface area contributed by atoms with Crippen LogP contribution in [0.3, 0.4) is 0 Å². The minimum atomic E-state index is -0.707. The molecule has 2 aromatic carbocycles. The molecule has 0 spiro atoms. The number of methoxy groups -OCH3 is 1. The molecule has 1 amide bonds. The first-order chi connectivity index (χ1) is 18.9. The zero-order chi connectivity index (χ0) is 27.1. The van der Waals surface area contributed by atoms with Crippen LogP contribution in [0, 0.1) is 12.7 Å². The van der Waals surface area contributed by atoms with Gasteiger partial charge in [0.1, 0.15) is 17.7 Å². The molecule has 10 nitrogen and oxygen atoms in total. The highest BCUT2D eigenvalue weighted by molar-refractivity contribution is 7.22. The zero-order valence-corrected chi connectivity index (χ0v) is 21.7. The van der Waals surface area contributed by atoms with Crippen molar-refractivity contribution < 1.29 is 28.5 Å². The van der Waals surface area contributed by atoms with Crippen molar-refractivity contribution in [3.63, 3.8) is 0 Å². The second-order valence-electron chi connectivity index (χ2n) is 9.03. The fraction of sp³-hybridized carbons (Fsp3) is 0.222. The highest BCUT2D eigenvalue weighted by Crippen LogP contribution is 2.43. The lowest BCUT2D eigenvalue weighted by atomic mass is 10.1. The van der Waals surface area contributed by atoms with Gasteiger partial charge < -0.3 is 19.3 Å². The van der Waals surface area contributed by atoms with Crippen LogP contribution in [0.1, 0.15) is 16.7 Å². The molecule has 198 valence electrons. The molecule has 12 heteroatoms. The van der Waals surface area contributed by atoms with Crippen molar-refractivity contribution in [3.05, 3.63) is 65.4 Å². The van der Waals surface area contributed by atoms with Crippen LogP contribution in [-0.4, -0.2) is 51.0 Å². The van der Waals surface area contributed by atoms with Gasteiger partial charge in [0.2, 0.25) is 5.88 Å². The van der Waals surface area contributed by atoms with Crippen molar-refractivity contribution in [3.8, 4) is 22.2 Å². The SMILES string of the molecule is COc1cnc2c(-c3nc4cc(F)c5c(c4s3)C[C@H](COC(=O)Nc3cncc(CO)c3)O5)cc(C)cc2n1. The fourth-order valence-electron chi connectivity index (χ4n) is 4.51. The molecule has 0 aliphatic carbocycles. The molecule has 3 aromatic heterocycles. The van der Waals surface area contributed by atoms with Crippen molar-refractivity contribution in [1.29, 1.82) is 0 Å². The molecule has 4 heterocycles. The minimum Gasteiger partial charge on any atom is -0.483 e. The predicted octanol–water partition coefficient (Wildman–Crippen LogP) is 4.80. The van der Waals surface area contributed by atoms with Gasteiger partial charge in [-0.25, -0.2) is 24.1 Å². The van der Waals surface area contributed by atoms with Crippen LogP contribution < -0.4 is 14.8 Å². The predicted molar refractivity (Wildman–Crippen MR) is 143 cm³/mol. The Morgan fingerprint density at radius 2 is 2.08 bits per heavy atom. The molecule has 0 saturated heterocycles. The Morgan fingerprint density at radius 1 is 1.21 bits per heavy atom. The average Bonchev–Trinajstić information content (AvgIpc) is 3.56. The number of carbonyl (C=O) groups is 1. The Balaban J connectivity index is 1.24. The Kier molecular flexibility index (Phi) is 6.41. The van der Waals surface area contributed by atoms with Gasteiger partial charge in [-0.2, -0.15) is 0 Å². The summed E-state index contributed by atoms with van der Waals surface area (Å²) in [5, 5.41) is 12.5. The number of pyridine rings is 1. The van der Waals surface area contributed by atoms with Crippen molar-refractivity contribution in [2.45, 2.75) is 26.1 Å². The molecule has 0 unspecified atom stereocenters. The Labute approximate surface area is 225 Å². The first-order valence-corrected chi connectivity index (χ1v) is 12.8. The number of aliphatic hydroxyl groups excluding tert-OH is 1. The van der Waals surface area contributed by atoms with Crippen LogP contribution in [-0.2, 0) is 17.8 Å². The molecule has 1 aliphatic rings. The van der Waals surface area contributed by atoms with E-state index in [1.807, 2.05) is 19.1 Å². The van der Waals surface area contributed by atoms with E-state index in [4.69, 9.17) is 19.2 Å². The largest absolute Gasteiger partial charge is 0.483 e. The summed E-state index contributed by atoms with van der Waals surface area (Å²) in [7, 11) is 1.54. The molecular weight excluding hydrogens is 525 g/mol. The van der Waals surface area contributed by atoms with E-state index in [0.717, 1.165) is 15.8 Å². The van der Waals surface area contributed by atoms with E-state index in [-0.39, 0.29) is 19.0 Å². The normalized spacial score (nSPS) is 14.3. The quantitative estimate of drug-likeness (QED) is 0.308. The lowest BCUT2D eigenvalue weighted by Gasteiger charge is -2.12. The number of rotatable bonds is 6. The van der Waals surface area contributed by atoms with E-state index in [1.165, 1.54) is 36.9 Å². The molecule has 0 saturated carbocycles. The number of carbonyl (C=O) groups excluding carboxylic acids is 1. The smallest absolute Gasteiger partial charge is 0.411 e. The number of anilines is 1. The number of aromatic nitrogens is 4. The number of thiazole rings is 1. The van der Waals surface area contributed by atoms with Crippen molar-refractivity contribution >= 4 is 44.4 Å². The number of ether oxygens (including phenoxy) is 3. The van der Waals surface area contributed by atoms with Crippen LogP contribution in [0.25, 0.3) is 31.8 Å². The van der Waals surface area contributed by atoms with E-state index in [0.29, 0.717) is 50.7 Å². The molecule has 2 N–H and O–H groups in total. The zero-order valence-electron chi connectivity index (χ0n) is 20.9. The molecule has 0 bridgehead atoms. The maximum atomic E-state index is 15.0. The molecule has 0 radical (unpaired) electrons. The summed E-state index contributed by atoms with van der Waals surface area (Å²) in [4.78, 5) is 30.0. The Bertz CT molecular complexity index is 1740. The molecule has 0 fully saturated rings. The highest BCUT2D eigenvalue weighted by atomic mass is 32.1. The van der Waals surface area contributed by atoms with Crippen LogP contribution in [0.5, 0.6) is 11.6 Å². The third-order valence-corrected chi connectivity index (χ3v) is 7.40. The number of aliphatic hydroxyl groups is 1. The number of amides is 1. The maximum Gasteiger partial charge on any atom is 0.411 e. The van der Waals surface area contributed by atoms with Gasteiger partial charge in [0.05, 0.1) is 53.0 Å².